The molecule has 1 aromatic carbocycles. The highest BCUT2D eigenvalue weighted by atomic mass is 79.9. The zero-order valence-corrected chi connectivity index (χ0v) is 13.8. The van der Waals surface area contributed by atoms with Crippen molar-refractivity contribution >= 4 is 33.2 Å². The van der Waals surface area contributed by atoms with E-state index in [-0.39, 0.29) is 0 Å². The number of benzene rings is 1. The molecule has 1 aromatic rings. The third-order valence-electron chi connectivity index (χ3n) is 2.89. The highest BCUT2D eigenvalue weighted by Gasteiger charge is 2.08. The lowest BCUT2D eigenvalue weighted by atomic mass is 10.2. The first-order chi connectivity index (χ1) is 9.22. The number of halogens is 2. The van der Waals surface area contributed by atoms with Crippen molar-refractivity contribution in [1.29, 1.82) is 0 Å². The fourth-order valence-electron chi connectivity index (χ4n) is 1.81. The van der Waals surface area contributed by atoms with Gasteiger partial charge in [0, 0.05) is 50.0 Å². The van der Waals surface area contributed by atoms with Crippen LogP contribution in [0, 0.1) is 0 Å². The summed E-state index contributed by atoms with van der Waals surface area (Å²) < 4.78 is 10.3. The Morgan fingerprint density at radius 3 is 2.47 bits per heavy atom. The van der Waals surface area contributed by atoms with E-state index >= 15 is 0 Å². The molecular weight excluding hydrogens is 330 g/mol. The molecule has 0 saturated heterocycles. The lowest BCUT2D eigenvalue weighted by Crippen LogP contribution is -2.29. The summed E-state index contributed by atoms with van der Waals surface area (Å²) in [6.07, 6.45) is 0.984. The Kier molecular flexibility index (Phi) is 8.46. The van der Waals surface area contributed by atoms with Gasteiger partial charge >= 0.3 is 0 Å². The molecule has 5 heteroatoms. The smallest absolute Gasteiger partial charge is 0.0637 e. The Hall–Kier alpha value is -0.290. The first kappa shape index (κ1) is 16.8. The summed E-state index contributed by atoms with van der Waals surface area (Å²) in [7, 11) is 3.44. The second kappa shape index (κ2) is 9.59. The van der Waals surface area contributed by atoms with Crippen LogP contribution in [0.2, 0.25) is 5.02 Å². The number of hydrogen-bond donors (Lipinski definition) is 0. The second-order valence-electron chi connectivity index (χ2n) is 4.24. The average molecular weight is 351 g/mol. The fraction of sp³-hybridized carbons (Fsp3) is 0.571. The number of methoxy groups -OCH3 is 2. The molecule has 0 radical (unpaired) electrons. The number of hydrogen-bond acceptors (Lipinski definition) is 3. The Labute approximate surface area is 129 Å². The summed E-state index contributed by atoms with van der Waals surface area (Å²) in [6, 6.07) is 6.17. The standard InChI is InChI=1S/C14H21BrClNO2/c1-18-8-3-6-17(7-9-19-2)13-5-4-12(11-15)14(16)10-13/h4-5,10H,3,6-9,11H2,1-2H3. The summed E-state index contributed by atoms with van der Waals surface area (Å²) in [4.78, 5) is 2.27. The third kappa shape index (κ3) is 5.69. The zero-order chi connectivity index (χ0) is 14.1. The van der Waals surface area contributed by atoms with Crippen LogP contribution in [-0.4, -0.2) is 40.5 Å². The number of ether oxygens (including phenoxy) is 2. The number of anilines is 1. The van der Waals surface area contributed by atoms with Gasteiger partial charge in [-0.15, -0.1) is 0 Å². The van der Waals surface area contributed by atoms with E-state index in [0.717, 1.165) is 47.7 Å². The molecule has 0 heterocycles. The second-order valence-corrected chi connectivity index (χ2v) is 5.20. The van der Waals surface area contributed by atoms with Crippen LogP contribution in [0.3, 0.4) is 0 Å². The van der Waals surface area contributed by atoms with Crippen LogP contribution in [0.25, 0.3) is 0 Å². The molecule has 3 nitrogen and oxygen atoms in total. The van der Waals surface area contributed by atoms with Gasteiger partial charge in [0.25, 0.3) is 0 Å². The molecule has 0 bridgehead atoms. The predicted octanol–water partition coefficient (Wildman–Crippen LogP) is 3.72. The first-order valence-electron chi connectivity index (χ1n) is 6.30. The SMILES string of the molecule is COCCCN(CCOC)c1ccc(CBr)c(Cl)c1. The van der Waals surface area contributed by atoms with Crippen LogP contribution in [0.5, 0.6) is 0 Å². The monoisotopic (exact) mass is 349 g/mol. The van der Waals surface area contributed by atoms with Crippen molar-refractivity contribution in [3.8, 4) is 0 Å². The lowest BCUT2D eigenvalue weighted by molar-refractivity contribution is 0.191. The van der Waals surface area contributed by atoms with E-state index in [1.807, 2.05) is 6.07 Å². The molecule has 0 aliphatic heterocycles. The molecule has 0 aliphatic carbocycles. The van der Waals surface area contributed by atoms with Crippen LogP contribution >= 0.6 is 27.5 Å². The molecule has 108 valence electrons. The molecule has 0 unspecified atom stereocenters. The first-order valence-corrected chi connectivity index (χ1v) is 7.80. The van der Waals surface area contributed by atoms with E-state index < -0.39 is 0 Å². The molecule has 0 aliphatic rings. The molecule has 0 amide bonds. The Morgan fingerprint density at radius 2 is 1.89 bits per heavy atom. The number of alkyl halides is 1. The quantitative estimate of drug-likeness (QED) is 0.500. The van der Waals surface area contributed by atoms with Gasteiger partial charge in [0.1, 0.15) is 0 Å². The average Bonchev–Trinajstić information content (AvgIpc) is 2.42. The van der Waals surface area contributed by atoms with Gasteiger partial charge in [0.2, 0.25) is 0 Å². The largest absolute Gasteiger partial charge is 0.385 e. The van der Waals surface area contributed by atoms with Crippen molar-refractivity contribution in [1.82, 2.24) is 0 Å². The number of rotatable bonds is 9. The molecule has 0 fully saturated rings. The van der Waals surface area contributed by atoms with Crippen molar-refractivity contribution in [2.45, 2.75) is 11.8 Å². The van der Waals surface area contributed by atoms with Gasteiger partial charge in [0.15, 0.2) is 0 Å². The van der Waals surface area contributed by atoms with E-state index in [2.05, 4.69) is 33.0 Å². The summed E-state index contributed by atoms with van der Waals surface area (Å²) >= 11 is 9.68. The summed E-state index contributed by atoms with van der Waals surface area (Å²) in [6.45, 7) is 3.24. The van der Waals surface area contributed by atoms with Crippen molar-refractivity contribution in [3.05, 3.63) is 28.8 Å². The summed E-state index contributed by atoms with van der Waals surface area (Å²) in [5.74, 6) is 0. The van der Waals surface area contributed by atoms with E-state index in [9.17, 15) is 0 Å². The molecule has 0 atom stereocenters. The third-order valence-corrected chi connectivity index (χ3v) is 3.84. The van der Waals surface area contributed by atoms with Gasteiger partial charge in [-0.05, 0) is 24.1 Å². The van der Waals surface area contributed by atoms with Gasteiger partial charge in [-0.25, -0.2) is 0 Å². The maximum Gasteiger partial charge on any atom is 0.0637 e. The van der Waals surface area contributed by atoms with Crippen LogP contribution in [0.1, 0.15) is 12.0 Å². The number of nitrogens with zero attached hydrogens (tertiary/aromatic N) is 1. The van der Waals surface area contributed by atoms with Gasteiger partial charge in [-0.1, -0.05) is 33.6 Å². The molecule has 1 rings (SSSR count). The minimum Gasteiger partial charge on any atom is -0.385 e. The van der Waals surface area contributed by atoms with Crippen LogP contribution < -0.4 is 4.90 Å². The maximum atomic E-state index is 6.26. The van der Waals surface area contributed by atoms with Crippen molar-refractivity contribution < 1.29 is 9.47 Å². The van der Waals surface area contributed by atoms with Crippen LogP contribution in [0.15, 0.2) is 18.2 Å². The van der Waals surface area contributed by atoms with E-state index in [1.165, 1.54) is 0 Å². The van der Waals surface area contributed by atoms with Crippen molar-refractivity contribution in [2.75, 3.05) is 45.4 Å². The minimum atomic E-state index is 0.699. The van der Waals surface area contributed by atoms with Gasteiger partial charge in [-0.3, -0.25) is 0 Å². The lowest BCUT2D eigenvalue weighted by Gasteiger charge is -2.25. The van der Waals surface area contributed by atoms with E-state index in [4.69, 9.17) is 21.1 Å². The molecule has 0 saturated carbocycles. The normalized spacial score (nSPS) is 10.7. The van der Waals surface area contributed by atoms with Crippen LogP contribution in [0.4, 0.5) is 5.69 Å². The van der Waals surface area contributed by atoms with Gasteiger partial charge in [0.05, 0.1) is 6.61 Å². The molecule has 0 N–H and O–H groups in total. The van der Waals surface area contributed by atoms with Gasteiger partial charge in [-0.2, -0.15) is 0 Å². The summed E-state index contributed by atoms with van der Waals surface area (Å²) in [5.41, 5.74) is 2.23. The van der Waals surface area contributed by atoms with Crippen LogP contribution in [-0.2, 0) is 14.8 Å². The Morgan fingerprint density at radius 1 is 1.16 bits per heavy atom. The maximum absolute atomic E-state index is 6.26. The topological polar surface area (TPSA) is 21.7 Å². The predicted molar refractivity (Wildman–Crippen MR) is 84.7 cm³/mol. The van der Waals surface area contributed by atoms with E-state index in [1.54, 1.807) is 14.2 Å². The van der Waals surface area contributed by atoms with Crippen molar-refractivity contribution in [2.24, 2.45) is 0 Å². The summed E-state index contributed by atoms with van der Waals surface area (Å²) in [5, 5.41) is 1.57. The zero-order valence-electron chi connectivity index (χ0n) is 11.5. The molecule has 19 heavy (non-hydrogen) atoms. The highest BCUT2D eigenvalue weighted by Crippen LogP contribution is 2.25. The Balaban J connectivity index is 2.74. The molecule has 0 aromatic heterocycles. The minimum absolute atomic E-state index is 0.699. The van der Waals surface area contributed by atoms with E-state index in [0.29, 0.717) is 6.61 Å². The molecule has 0 spiro atoms. The Bertz CT molecular complexity index is 376. The van der Waals surface area contributed by atoms with Crippen molar-refractivity contribution in [3.63, 3.8) is 0 Å². The van der Waals surface area contributed by atoms with Gasteiger partial charge < -0.3 is 14.4 Å². The fourth-order valence-corrected chi connectivity index (χ4v) is 2.70. The highest BCUT2D eigenvalue weighted by molar-refractivity contribution is 9.08. The molecular formula is C14H21BrClNO2.